The summed E-state index contributed by atoms with van der Waals surface area (Å²) >= 11 is 0. The fourth-order valence-electron chi connectivity index (χ4n) is 2.64. The molecule has 0 aliphatic carbocycles. The molecule has 3 aromatic rings. The Morgan fingerprint density at radius 3 is 2.67 bits per heavy atom. The Morgan fingerprint density at radius 2 is 1.86 bits per heavy atom. The van der Waals surface area contributed by atoms with Crippen LogP contribution in [0, 0.1) is 0 Å². The van der Waals surface area contributed by atoms with E-state index in [9.17, 15) is 9.59 Å². The molecule has 0 N–H and O–H groups in total. The van der Waals surface area contributed by atoms with Crippen molar-refractivity contribution in [3.05, 3.63) is 58.4 Å². The molecular formula is C16H10N2O3. The maximum absolute atomic E-state index is 12.5. The van der Waals surface area contributed by atoms with Gasteiger partial charge in [-0.25, -0.2) is 9.55 Å². The molecule has 102 valence electrons. The Labute approximate surface area is 119 Å². The van der Waals surface area contributed by atoms with Crippen LogP contribution in [0.4, 0.5) is 0 Å². The van der Waals surface area contributed by atoms with Crippen LogP contribution in [0.15, 0.2) is 47.3 Å². The third kappa shape index (κ3) is 1.48. The van der Waals surface area contributed by atoms with Crippen molar-refractivity contribution in [2.75, 3.05) is 7.11 Å². The highest BCUT2D eigenvalue weighted by atomic mass is 16.5. The predicted octanol–water partition coefficient (Wildman–Crippen LogP) is 2.07. The van der Waals surface area contributed by atoms with Gasteiger partial charge in [-0.1, -0.05) is 12.1 Å². The van der Waals surface area contributed by atoms with E-state index in [1.54, 1.807) is 43.5 Å². The van der Waals surface area contributed by atoms with Crippen LogP contribution in [-0.4, -0.2) is 22.6 Å². The number of fused-ring (bicyclic) bond motifs is 4. The van der Waals surface area contributed by atoms with E-state index in [0.29, 0.717) is 33.6 Å². The molecule has 0 fully saturated rings. The molecule has 0 bridgehead atoms. The van der Waals surface area contributed by atoms with Crippen LogP contribution >= 0.6 is 0 Å². The summed E-state index contributed by atoms with van der Waals surface area (Å²) in [5.41, 5.74) is 1.34. The zero-order valence-electron chi connectivity index (χ0n) is 11.2. The topological polar surface area (TPSA) is 61.2 Å². The van der Waals surface area contributed by atoms with Crippen molar-refractivity contribution >= 4 is 16.8 Å². The number of rotatable bonds is 1. The summed E-state index contributed by atoms with van der Waals surface area (Å²) in [7, 11) is 1.55. The highest BCUT2D eigenvalue weighted by Crippen LogP contribution is 2.32. The van der Waals surface area contributed by atoms with Gasteiger partial charge in [0.15, 0.2) is 5.82 Å². The number of hydrogen-bond acceptors (Lipinski definition) is 4. The van der Waals surface area contributed by atoms with E-state index in [-0.39, 0.29) is 11.5 Å². The molecule has 2 aromatic carbocycles. The van der Waals surface area contributed by atoms with E-state index in [2.05, 4.69) is 4.98 Å². The Morgan fingerprint density at radius 1 is 1.05 bits per heavy atom. The van der Waals surface area contributed by atoms with Gasteiger partial charge in [-0.3, -0.25) is 9.59 Å². The van der Waals surface area contributed by atoms with E-state index in [0.717, 1.165) is 4.57 Å². The van der Waals surface area contributed by atoms with Gasteiger partial charge in [0.05, 0.1) is 23.6 Å². The minimum Gasteiger partial charge on any atom is -0.497 e. The van der Waals surface area contributed by atoms with E-state index < -0.39 is 0 Å². The van der Waals surface area contributed by atoms with Crippen LogP contribution in [-0.2, 0) is 0 Å². The second-order valence-electron chi connectivity index (χ2n) is 4.81. The normalized spacial score (nSPS) is 12.3. The maximum Gasteiger partial charge on any atom is 0.268 e. The number of nitrogens with zero attached hydrogens (tertiary/aromatic N) is 2. The standard InChI is InChI=1S/C16H10N2O3/c1-21-9-6-7-10-12(8-9)14-17-13-5-3-2-4-11(13)16(20)18(14)15(10)19/h2-8H,1H3. The lowest BCUT2D eigenvalue weighted by molar-refractivity contribution is 0.0965. The van der Waals surface area contributed by atoms with E-state index in [1.807, 2.05) is 6.07 Å². The van der Waals surface area contributed by atoms with E-state index in [1.165, 1.54) is 0 Å². The van der Waals surface area contributed by atoms with Crippen molar-refractivity contribution in [3.63, 3.8) is 0 Å². The minimum atomic E-state index is -0.342. The minimum absolute atomic E-state index is 0.337. The number of carbonyl (C=O) groups is 1. The van der Waals surface area contributed by atoms with Crippen LogP contribution < -0.4 is 10.3 Å². The quantitative estimate of drug-likeness (QED) is 0.535. The highest BCUT2D eigenvalue weighted by molar-refractivity contribution is 6.09. The van der Waals surface area contributed by atoms with Crippen molar-refractivity contribution in [1.82, 2.24) is 9.55 Å². The molecule has 4 rings (SSSR count). The van der Waals surface area contributed by atoms with Gasteiger partial charge < -0.3 is 4.74 Å². The molecule has 1 aliphatic rings. The molecule has 1 aromatic heterocycles. The van der Waals surface area contributed by atoms with Crippen LogP contribution in [0.1, 0.15) is 10.4 Å². The third-order valence-electron chi connectivity index (χ3n) is 3.68. The molecule has 5 nitrogen and oxygen atoms in total. The van der Waals surface area contributed by atoms with Crippen molar-refractivity contribution in [1.29, 1.82) is 0 Å². The SMILES string of the molecule is COc1ccc2c(c1)-c1nc3ccccc3c(=O)n1C2=O. The van der Waals surface area contributed by atoms with Gasteiger partial charge in [-0.05, 0) is 30.3 Å². The Kier molecular flexibility index (Phi) is 2.27. The van der Waals surface area contributed by atoms with E-state index in [4.69, 9.17) is 4.74 Å². The zero-order chi connectivity index (χ0) is 14.6. The summed E-state index contributed by atoms with van der Waals surface area (Å²) in [6, 6.07) is 12.1. The first-order valence-electron chi connectivity index (χ1n) is 6.45. The largest absolute Gasteiger partial charge is 0.497 e. The Bertz CT molecular complexity index is 973. The van der Waals surface area contributed by atoms with Crippen LogP contribution in [0.3, 0.4) is 0 Å². The van der Waals surface area contributed by atoms with E-state index >= 15 is 0 Å². The van der Waals surface area contributed by atoms with Crippen molar-refractivity contribution < 1.29 is 9.53 Å². The molecule has 0 saturated carbocycles. The number of methoxy groups -OCH3 is 1. The second-order valence-corrected chi connectivity index (χ2v) is 4.81. The molecular weight excluding hydrogens is 268 g/mol. The monoisotopic (exact) mass is 278 g/mol. The molecule has 0 unspecified atom stereocenters. The molecule has 0 radical (unpaired) electrons. The molecule has 0 spiro atoms. The van der Waals surface area contributed by atoms with Gasteiger partial charge in [-0.2, -0.15) is 0 Å². The average Bonchev–Trinajstić information content (AvgIpc) is 2.80. The van der Waals surface area contributed by atoms with Crippen molar-refractivity contribution in [3.8, 4) is 17.1 Å². The van der Waals surface area contributed by atoms with Gasteiger partial charge >= 0.3 is 0 Å². The van der Waals surface area contributed by atoms with Gasteiger partial charge in [0.2, 0.25) is 0 Å². The number of ether oxygens (including phenoxy) is 1. The van der Waals surface area contributed by atoms with Crippen molar-refractivity contribution in [2.24, 2.45) is 0 Å². The van der Waals surface area contributed by atoms with Crippen LogP contribution in [0.2, 0.25) is 0 Å². The first-order valence-corrected chi connectivity index (χ1v) is 6.45. The molecule has 1 aliphatic heterocycles. The maximum atomic E-state index is 12.5. The number of aromatic nitrogens is 2. The van der Waals surface area contributed by atoms with Crippen molar-refractivity contribution in [2.45, 2.75) is 0 Å². The number of benzene rings is 2. The Hall–Kier alpha value is -2.95. The lowest BCUT2D eigenvalue weighted by atomic mass is 10.1. The van der Waals surface area contributed by atoms with Gasteiger partial charge in [-0.15, -0.1) is 0 Å². The first kappa shape index (κ1) is 11.8. The summed E-state index contributed by atoms with van der Waals surface area (Å²) < 4.78 is 6.31. The average molecular weight is 278 g/mol. The third-order valence-corrected chi connectivity index (χ3v) is 3.68. The smallest absolute Gasteiger partial charge is 0.268 e. The fourth-order valence-corrected chi connectivity index (χ4v) is 2.64. The second kappa shape index (κ2) is 4.02. The summed E-state index contributed by atoms with van der Waals surface area (Å²) in [6.45, 7) is 0. The summed E-state index contributed by atoms with van der Waals surface area (Å²) in [5, 5.41) is 0.439. The molecule has 0 amide bonds. The number of para-hydroxylation sites is 1. The van der Waals surface area contributed by atoms with Gasteiger partial charge in [0, 0.05) is 5.56 Å². The van der Waals surface area contributed by atoms with Crippen LogP contribution in [0.25, 0.3) is 22.3 Å². The van der Waals surface area contributed by atoms with Gasteiger partial charge in [0.1, 0.15) is 5.75 Å². The molecule has 5 heteroatoms. The summed E-state index contributed by atoms with van der Waals surface area (Å²) in [6.07, 6.45) is 0. The van der Waals surface area contributed by atoms with Gasteiger partial charge in [0.25, 0.3) is 11.5 Å². The zero-order valence-corrected chi connectivity index (χ0v) is 11.2. The fraction of sp³-hybridized carbons (Fsp3) is 0.0625. The highest BCUT2D eigenvalue weighted by Gasteiger charge is 2.30. The molecule has 2 heterocycles. The Balaban J connectivity index is 2.14. The summed E-state index contributed by atoms with van der Waals surface area (Å²) in [5.74, 6) is 0.654. The molecule has 21 heavy (non-hydrogen) atoms. The number of hydrogen-bond donors (Lipinski definition) is 0. The predicted molar refractivity (Wildman–Crippen MR) is 77.7 cm³/mol. The first-order chi connectivity index (χ1) is 10.2. The lowest BCUT2D eigenvalue weighted by Crippen LogP contribution is -2.25. The lowest BCUT2D eigenvalue weighted by Gasteiger charge is -2.04. The summed E-state index contributed by atoms with van der Waals surface area (Å²) in [4.78, 5) is 29.4. The molecule has 0 saturated heterocycles. The van der Waals surface area contributed by atoms with Crippen LogP contribution in [0.5, 0.6) is 5.75 Å². The molecule has 0 atom stereocenters. The number of carbonyl (C=O) groups excluding carboxylic acids is 1.